The number of phenolic OH excluding ortho intramolecular Hbond substituents is 1. The van der Waals surface area contributed by atoms with Gasteiger partial charge >= 0.3 is 0 Å². The van der Waals surface area contributed by atoms with Crippen molar-refractivity contribution in [1.82, 2.24) is 10.2 Å². The van der Waals surface area contributed by atoms with E-state index in [9.17, 15) is 19.8 Å². The molecule has 180 valence electrons. The van der Waals surface area contributed by atoms with Gasteiger partial charge in [-0.2, -0.15) is 0 Å². The summed E-state index contributed by atoms with van der Waals surface area (Å²) in [4.78, 5) is 32.7. The van der Waals surface area contributed by atoms with Gasteiger partial charge in [0, 0.05) is 18.5 Å². The molecule has 0 saturated carbocycles. The van der Waals surface area contributed by atoms with E-state index in [2.05, 4.69) is 10.5 Å². The summed E-state index contributed by atoms with van der Waals surface area (Å²) >= 11 is 0. The number of likely N-dealkylation sites (tertiary alicyclic amines) is 1. The summed E-state index contributed by atoms with van der Waals surface area (Å²) in [6.07, 6.45) is -0.717. The smallest absolute Gasteiger partial charge is 0.254 e. The number of aliphatic hydroxyl groups is 1. The van der Waals surface area contributed by atoms with Gasteiger partial charge in [-0.15, -0.1) is 0 Å². The van der Waals surface area contributed by atoms with Crippen molar-refractivity contribution in [1.29, 1.82) is 0 Å². The number of oxime groups is 1. The molecule has 1 fully saturated rings. The molecule has 0 radical (unpaired) electrons. The Morgan fingerprint density at radius 2 is 1.69 bits per heavy atom. The number of nitrogens with zero attached hydrogens (tertiary/aromatic N) is 2. The molecule has 2 atom stereocenters. The van der Waals surface area contributed by atoms with Gasteiger partial charge in [-0.3, -0.25) is 9.59 Å². The molecular formula is C27H27N3O5. The quantitative estimate of drug-likeness (QED) is 0.457. The summed E-state index contributed by atoms with van der Waals surface area (Å²) in [6, 6.07) is 22.4. The first-order valence-electron chi connectivity index (χ1n) is 11.3. The third kappa shape index (κ3) is 5.67. The SMILES string of the molecule is CON=C1C[C@@H](C(=O)NCC(O)c2ccc(O)cc2)N(C(=O)c2ccc(-c3ccccc3)cc2)C1. The molecule has 2 amide bonds. The summed E-state index contributed by atoms with van der Waals surface area (Å²) in [5.74, 6) is -0.588. The van der Waals surface area contributed by atoms with E-state index < -0.39 is 18.1 Å². The lowest BCUT2D eigenvalue weighted by Gasteiger charge is -2.24. The normalized spacial score (nSPS) is 17.3. The summed E-state index contributed by atoms with van der Waals surface area (Å²) in [7, 11) is 1.42. The number of aromatic hydroxyl groups is 1. The number of benzene rings is 3. The van der Waals surface area contributed by atoms with Crippen LogP contribution in [0.1, 0.15) is 28.4 Å². The number of amides is 2. The minimum absolute atomic E-state index is 0.0370. The fourth-order valence-corrected chi connectivity index (χ4v) is 4.08. The molecule has 0 bridgehead atoms. The number of hydrogen-bond acceptors (Lipinski definition) is 6. The molecule has 4 rings (SSSR count). The van der Waals surface area contributed by atoms with Crippen molar-refractivity contribution >= 4 is 17.5 Å². The second-order valence-electron chi connectivity index (χ2n) is 8.29. The molecule has 1 heterocycles. The highest BCUT2D eigenvalue weighted by atomic mass is 16.6. The zero-order valence-corrected chi connectivity index (χ0v) is 19.3. The molecule has 8 nitrogen and oxygen atoms in total. The molecule has 1 saturated heterocycles. The van der Waals surface area contributed by atoms with E-state index in [1.165, 1.54) is 24.1 Å². The minimum atomic E-state index is -0.956. The third-order valence-corrected chi connectivity index (χ3v) is 5.93. The van der Waals surface area contributed by atoms with Crippen molar-refractivity contribution in [2.75, 3.05) is 20.2 Å². The molecular weight excluding hydrogens is 446 g/mol. The predicted octanol–water partition coefficient (Wildman–Crippen LogP) is 3.13. The van der Waals surface area contributed by atoms with Crippen LogP contribution in [0.3, 0.4) is 0 Å². The van der Waals surface area contributed by atoms with E-state index in [-0.39, 0.29) is 31.2 Å². The average Bonchev–Trinajstić information content (AvgIpc) is 3.32. The van der Waals surface area contributed by atoms with Crippen molar-refractivity contribution in [2.45, 2.75) is 18.6 Å². The first kappa shape index (κ1) is 24.0. The zero-order valence-electron chi connectivity index (χ0n) is 19.3. The van der Waals surface area contributed by atoms with Crippen molar-refractivity contribution < 1.29 is 24.6 Å². The highest BCUT2D eigenvalue weighted by Gasteiger charge is 2.38. The van der Waals surface area contributed by atoms with Gasteiger partial charge in [-0.25, -0.2) is 0 Å². The Morgan fingerprint density at radius 3 is 2.34 bits per heavy atom. The van der Waals surface area contributed by atoms with Gasteiger partial charge in [0.2, 0.25) is 5.91 Å². The maximum Gasteiger partial charge on any atom is 0.254 e. The maximum absolute atomic E-state index is 13.3. The van der Waals surface area contributed by atoms with Gasteiger partial charge in [0.05, 0.1) is 18.4 Å². The highest BCUT2D eigenvalue weighted by molar-refractivity contribution is 6.05. The maximum atomic E-state index is 13.3. The molecule has 3 aromatic rings. The van der Waals surface area contributed by atoms with Crippen LogP contribution in [0.15, 0.2) is 84.0 Å². The number of hydrogen-bond donors (Lipinski definition) is 3. The van der Waals surface area contributed by atoms with Gasteiger partial charge < -0.3 is 25.3 Å². The Morgan fingerprint density at radius 1 is 1.03 bits per heavy atom. The Labute approximate surface area is 203 Å². The van der Waals surface area contributed by atoms with E-state index in [1.54, 1.807) is 24.3 Å². The topological polar surface area (TPSA) is 111 Å². The standard InChI is InChI=1S/C27H27N3O5/c1-35-29-22-15-24(26(33)28-16-25(32)20-11-13-23(31)14-12-20)30(17-22)27(34)21-9-7-19(8-10-21)18-5-3-2-4-6-18/h2-14,24-25,31-32H,15-17H2,1H3,(H,28,33)/t24-,25?/m0/s1. The van der Waals surface area contributed by atoms with Crippen molar-refractivity contribution in [2.24, 2.45) is 5.16 Å². The molecule has 0 spiro atoms. The third-order valence-electron chi connectivity index (χ3n) is 5.93. The van der Waals surface area contributed by atoms with E-state index in [4.69, 9.17) is 4.84 Å². The number of rotatable bonds is 7. The molecule has 1 aliphatic heterocycles. The van der Waals surface area contributed by atoms with Crippen LogP contribution in [0.2, 0.25) is 0 Å². The zero-order chi connectivity index (χ0) is 24.8. The van der Waals surface area contributed by atoms with Crippen LogP contribution >= 0.6 is 0 Å². The van der Waals surface area contributed by atoms with E-state index in [0.29, 0.717) is 16.8 Å². The van der Waals surface area contributed by atoms with Gasteiger partial charge in [0.15, 0.2) is 0 Å². The summed E-state index contributed by atoms with van der Waals surface area (Å²) in [5, 5.41) is 26.5. The fourth-order valence-electron chi connectivity index (χ4n) is 4.08. The molecule has 3 N–H and O–H groups in total. The van der Waals surface area contributed by atoms with Crippen LogP contribution in [-0.2, 0) is 9.63 Å². The van der Waals surface area contributed by atoms with Crippen LogP contribution in [0.5, 0.6) is 5.75 Å². The van der Waals surface area contributed by atoms with Crippen LogP contribution in [0.4, 0.5) is 0 Å². The van der Waals surface area contributed by atoms with E-state index in [1.807, 2.05) is 42.5 Å². The van der Waals surface area contributed by atoms with Crippen LogP contribution < -0.4 is 5.32 Å². The highest BCUT2D eigenvalue weighted by Crippen LogP contribution is 2.23. The van der Waals surface area contributed by atoms with Gasteiger partial charge in [0.25, 0.3) is 5.91 Å². The van der Waals surface area contributed by atoms with Gasteiger partial charge in [0.1, 0.15) is 18.9 Å². The van der Waals surface area contributed by atoms with Crippen LogP contribution in [-0.4, -0.2) is 58.9 Å². The minimum Gasteiger partial charge on any atom is -0.508 e. The lowest BCUT2D eigenvalue weighted by atomic mass is 10.0. The van der Waals surface area contributed by atoms with Gasteiger partial charge in [-0.1, -0.05) is 59.8 Å². The van der Waals surface area contributed by atoms with Crippen LogP contribution in [0, 0.1) is 0 Å². The van der Waals surface area contributed by atoms with Crippen molar-refractivity contribution in [3.63, 3.8) is 0 Å². The van der Waals surface area contributed by atoms with Gasteiger partial charge in [-0.05, 0) is 41.0 Å². The Hall–Kier alpha value is -4.17. The molecule has 1 unspecified atom stereocenters. The lowest BCUT2D eigenvalue weighted by Crippen LogP contribution is -2.46. The molecule has 1 aliphatic rings. The van der Waals surface area contributed by atoms with Crippen LogP contribution in [0.25, 0.3) is 11.1 Å². The summed E-state index contributed by atoms with van der Waals surface area (Å²) in [6.45, 7) is 0.135. The number of carbonyl (C=O) groups excluding carboxylic acids is 2. The first-order valence-corrected chi connectivity index (χ1v) is 11.3. The molecule has 8 heteroatoms. The monoisotopic (exact) mass is 473 g/mol. The predicted molar refractivity (Wildman–Crippen MR) is 132 cm³/mol. The van der Waals surface area contributed by atoms with Crippen molar-refractivity contribution in [3.8, 4) is 16.9 Å². The van der Waals surface area contributed by atoms with E-state index >= 15 is 0 Å². The fraction of sp³-hybridized carbons (Fsp3) is 0.222. The molecule has 0 aliphatic carbocycles. The molecule has 3 aromatic carbocycles. The number of nitrogens with one attached hydrogen (secondary N) is 1. The Balaban J connectivity index is 1.46. The Bertz CT molecular complexity index is 1190. The van der Waals surface area contributed by atoms with E-state index in [0.717, 1.165) is 11.1 Å². The largest absolute Gasteiger partial charge is 0.508 e. The molecule has 35 heavy (non-hydrogen) atoms. The number of aliphatic hydroxyl groups excluding tert-OH is 1. The number of phenols is 1. The lowest BCUT2D eigenvalue weighted by molar-refractivity contribution is -0.125. The Kier molecular flexibility index (Phi) is 7.42. The number of carbonyl (C=O) groups is 2. The second-order valence-corrected chi connectivity index (χ2v) is 8.29. The summed E-state index contributed by atoms with van der Waals surface area (Å²) in [5.41, 5.74) is 3.64. The molecule has 0 aromatic heterocycles. The average molecular weight is 474 g/mol. The first-order chi connectivity index (χ1) is 17.0. The van der Waals surface area contributed by atoms with Crippen molar-refractivity contribution in [3.05, 3.63) is 90.0 Å². The second kappa shape index (κ2) is 10.8. The summed E-state index contributed by atoms with van der Waals surface area (Å²) < 4.78 is 0.